The first-order chi connectivity index (χ1) is 10.6. The van der Waals surface area contributed by atoms with Gasteiger partial charge in [0.15, 0.2) is 12.4 Å². The van der Waals surface area contributed by atoms with Crippen molar-refractivity contribution >= 4 is 23.5 Å². The standard InChI is InChI=1S/C17H12FNO3/c18-13-3-1-2-11(8-13)4-6-15(20)12-5-7-16-14(9-12)19-17(21)10-22-16/h1-9H,10H2,(H,19,21)/b6-4+. The Labute approximate surface area is 126 Å². The average Bonchev–Trinajstić information content (AvgIpc) is 2.52. The summed E-state index contributed by atoms with van der Waals surface area (Å²) in [5, 5.41) is 2.65. The molecule has 1 aliphatic heterocycles. The molecule has 1 amide bonds. The zero-order valence-electron chi connectivity index (χ0n) is 11.5. The van der Waals surface area contributed by atoms with Crippen LogP contribution in [0.3, 0.4) is 0 Å². The Hall–Kier alpha value is -2.95. The zero-order chi connectivity index (χ0) is 15.5. The summed E-state index contributed by atoms with van der Waals surface area (Å²) in [7, 11) is 0. The number of fused-ring (bicyclic) bond motifs is 1. The Bertz CT molecular complexity index is 783. The van der Waals surface area contributed by atoms with E-state index in [-0.39, 0.29) is 24.1 Å². The van der Waals surface area contributed by atoms with Crippen LogP contribution in [-0.2, 0) is 4.79 Å². The van der Waals surface area contributed by atoms with Gasteiger partial charge in [0.1, 0.15) is 11.6 Å². The van der Waals surface area contributed by atoms with Gasteiger partial charge >= 0.3 is 0 Å². The van der Waals surface area contributed by atoms with Crippen LogP contribution in [0, 0.1) is 5.82 Å². The topological polar surface area (TPSA) is 55.4 Å². The second-order valence-corrected chi connectivity index (χ2v) is 4.80. The maximum Gasteiger partial charge on any atom is 0.262 e. The van der Waals surface area contributed by atoms with Gasteiger partial charge in [-0.1, -0.05) is 18.2 Å². The molecule has 0 unspecified atom stereocenters. The molecule has 5 heteroatoms. The largest absolute Gasteiger partial charge is 0.482 e. The van der Waals surface area contributed by atoms with Crippen LogP contribution in [0.4, 0.5) is 10.1 Å². The Morgan fingerprint density at radius 3 is 2.91 bits per heavy atom. The molecule has 1 N–H and O–H groups in total. The molecule has 0 atom stereocenters. The van der Waals surface area contributed by atoms with Gasteiger partial charge in [0.25, 0.3) is 5.91 Å². The molecule has 2 aromatic carbocycles. The van der Waals surface area contributed by atoms with E-state index in [0.717, 1.165) is 0 Å². The number of nitrogens with one attached hydrogen (secondary N) is 1. The van der Waals surface area contributed by atoms with Gasteiger partial charge in [-0.3, -0.25) is 9.59 Å². The molecule has 0 saturated heterocycles. The minimum Gasteiger partial charge on any atom is -0.482 e. The molecule has 0 saturated carbocycles. The van der Waals surface area contributed by atoms with Crippen molar-refractivity contribution in [3.05, 3.63) is 65.5 Å². The lowest BCUT2D eigenvalue weighted by Gasteiger charge is -2.17. The van der Waals surface area contributed by atoms with Crippen molar-refractivity contribution in [1.29, 1.82) is 0 Å². The van der Waals surface area contributed by atoms with Gasteiger partial charge in [0, 0.05) is 5.56 Å². The molecule has 2 aromatic rings. The van der Waals surface area contributed by atoms with Gasteiger partial charge in [0.05, 0.1) is 5.69 Å². The molecule has 22 heavy (non-hydrogen) atoms. The highest BCUT2D eigenvalue weighted by atomic mass is 19.1. The third-order valence-electron chi connectivity index (χ3n) is 3.17. The summed E-state index contributed by atoms with van der Waals surface area (Å²) < 4.78 is 18.3. The minimum atomic E-state index is -0.358. The molecule has 4 nitrogen and oxygen atoms in total. The van der Waals surface area contributed by atoms with E-state index < -0.39 is 0 Å². The number of ether oxygens (including phenoxy) is 1. The fourth-order valence-corrected chi connectivity index (χ4v) is 2.11. The molecule has 1 heterocycles. The van der Waals surface area contributed by atoms with E-state index in [1.54, 1.807) is 36.4 Å². The number of halogens is 1. The van der Waals surface area contributed by atoms with Crippen LogP contribution in [-0.4, -0.2) is 18.3 Å². The number of carbonyl (C=O) groups excluding carboxylic acids is 2. The third-order valence-corrected chi connectivity index (χ3v) is 3.17. The van der Waals surface area contributed by atoms with E-state index in [1.165, 1.54) is 18.2 Å². The second kappa shape index (κ2) is 5.81. The quantitative estimate of drug-likeness (QED) is 0.700. The van der Waals surface area contributed by atoms with E-state index in [1.807, 2.05) is 0 Å². The van der Waals surface area contributed by atoms with E-state index >= 15 is 0 Å². The summed E-state index contributed by atoms with van der Waals surface area (Å²) in [4.78, 5) is 23.4. The van der Waals surface area contributed by atoms with E-state index in [9.17, 15) is 14.0 Å². The summed E-state index contributed by atoms with van der Waals surface area (Å²) in [5.74, 6) is -0.326. The number of hydrogen-bond donors (Lipinski definition) is 1. The van der Waals surface area contributed by atoms with Gasteiger partial charge in [-0.25, -0.2) is 4.39 Å². The summed E-state index contributed by atoms with van der Waals surface area (Å²) in [6, 6.07) is 10.8. The van der Waals surface area contributed by atoms with E-state index in [0.29, 0.717) is 22.6 Å². The summed E-state index contributed by atoms with van der Waals surface area (Å²) >= 11 is 0. The number of allylic oxidation sites excluding steroid dienone is 1. The predicted molar refractivity (Wildman–Crippen MR) is 80.3 cm³/mol. The first-order valence-corrected chi connectivity index (χ1v) is 6.66. The molecule has 0 spiro atoms. The van der Waals surface area contributed by atoms with Gasteiger partial charge in [-0.2, -0.15) is 0 Å². The fraction of sp³-hybridized carbons (Fsp3) is 0.0588. The number of amides is 1. The van der Waals surface area contributed by atoms with Crippen molar-refractivity contribution in [2.75, 3.05) is 11.9 Å². The first-order valence-electron chi connectivity index (χ1n) is 6.66. The van der Waals surface area contributed by atoms with Gasteiger partial charge in [-0.15, -0.1) is 0 Å². The zero-order valence-corrected chi connectivity index (χ0v) is 11.5. The van der Waals surface area contributed by atoms with Crippen molar-refractivity contribution in [3.63, 3.8) is 0 Å². The molecule has 110 valence electrons. The molecule has 1 aliphatic rings. The number of benzene rings is 2. The molecule has 0 fully saturated rings. The predicted octanol–water partition coefficient (Wildman–Crippen LogP) is 3.05. The van der Waals surface area contributed by atoms with Crippen LogP contribution >= 0.6 is 0 Å². The van der Waals surface area contributed by atoms with Crippen LogP contribution in [0.15, 0.2) is 48.5 Å². The van der Waals surface area contributed by atoms with Crippen molar-refractivity contribution in [2.24, 2.45) is 0 Å². The molecule has 0 radical (unpaired) electrons. The van der Waals surface area contributed by atoms with Gasteiger partial charge < -0.3 is 10.1 Å². The number of anilines is 1. The summed E-state index contributed by atoms with van der Waals surface area (Å²) in [6.45, 7) is -0.0280. The first kappa shape index (κ1) is 14.0. The third kappa shape index (κ3) is 3.03. The second-order valence-electron chi connectivity index (χ2n) is 4.80. The highest BCUT2D eigenvalue weighted by molar-refractivity contribution is 6.08. The van der Waals surface area contributed by atoms with Crippen LogP contribution in [0.25, 0.3) is 6.08 Å². The number of hydrogen-bond acceptors (Lipinski definition) is 3. The van der Waals surface area contributed by atoms with Crippen molar-refractivity contribution in [2.45, 2.75) is 0 Å². The Morgan fingerprint density at radius 1 is 1.23 bits per heavy atom. The highest BCUT2D eigenvalue weighted by Crippen LogP contribution is 2.28. The number of carbonyl (C=O) groups is 2. The van der Waals surface area contributed by atoms with Crippen molar-refractivity contribution in [1.82, 2.24) is 0 Å². The molecular weight excluding hydrogens is 285 g/mol. The van der Waals surface area contributed by atoms with Gasteiger partial charge in [-0.05, 0) is 42.0 Å². The highest BCUT2D eigenvalue weighted by Gasteiger charge is 2.17. The van der Waals surface area contributed by atoms with Gasteiger partial charge in [0.2, 0.25) is 0 Å². The molecule has 0 aromatic heterocycles. The lowest BCUT2D eigenvalue weighted by molar-refractivity contribution is -0.118. The lowest BCUT2D eigenvalue weighted by Crippen LogP contribution is -2.25. The summed E-state index contributed by atoms with van der Waals surface area (Å²) in [6.07, 6.45) is 2.90. The molecule has 0 aliphatic carbocycles. The molecule has 3 rings (SSSR count). The summed E-state index contributed by atoms with van der Waals surface area (Å²) in [5.41, 5.74) is 1.49. The SMILES string of the molecule is O=C1COc2ccc(C(=O)/C=C/c3cccc(F)c3)cc2N1. The number of ketones is 1. The van der Waals surface area contributed by atoms with Crippen molar-refractivity contribution in [3.8, 4) is 5.75 Å². The number of rotatable bonds is 3. The van der Waals surface area contributed by atoms with Crippen LogP contribution in [0.1, 0.15) is 15.9 Å². The monoisotopic (exact) mass is 297 g/mol. The smallest absolute Gasteiger partial charge is 0.262 e. The maximum absolute atomic E-state index is 13.1. The Morgan fingerprint density at radius 2 is 2.09 bits per heavy atom. The minimum absolute atomic E-state index is 0.0280. The van der Waals surface area contributed by atoms with E-state index in [2.05, 4.69) is 5.32 Å². The normalized spacial score (nSPS) is 13.4. The van der Waals surface area contributed by atoms with Crippen LogP contribution in [0.5, 0.6) is 5.75 Å². The van der Waals surface area contributed by atoms with Crippen LogP contribution < -0.4 is 10.1 Å². The van der Waals surface area contributed by atoms with Crippen LogP contribution in [0.2, 0.25) is 0 Å². The maximum atomic E-state index is 13.1. The Kier molecular flexibility index (Phi) is 3.70. The molecule has 0 bridgehead atoms. The molecular formula is C17H12FNO3. The van der Waals surface area contributed by atoms with E-state index in [4.69, 9.17) is 4.74 Å². The Balaban J connectivity index is 1.80. The fourth-order valence-electron chi connectivity index (χ4n) is 2.11. The average molecular weight is 297 g/mol. The lowest BCUT2D eigenvalue weighted by atomic mass is 10.1. The van der Waals surface area contributed by atoms with Crippen molar-refractivity contribution < 1.29 is 18.7 Å².